The van der Waals surface area contributed by atoms with E-state index in [1.165, 1.54) is 11.3 Å². The van der Waals surface area contributed by atoms with Crippen molar-refractivity contribution < 1.29 is 4.79 Å². The van der Waals surface area contributed by atoms with E-state index in [9.17, 15) is 4.79 Å². The van der Waals surface area contributed by atoms with Crippen molar-refractivity contribution in [1.82, 2.24) is 20.1 Å². The highest BCUT2D eigenvalue weighted by molar-refractivity contribution is 5.85. The second kappa shape index (κ2) is 6.01. The molecule has 3 fully saturated rings. The summed E-state index contributed by atoms with van der Waals surface area (Å²) >= 11 is 0. The van der Waals surface area contributed by atoms with Crippen LogP contribution in [0.2, 0.25) is 0 Å². The topological polar surface area (TPSA) is 51.7 Å². The van der Waals surface area contributed by atoms with Gasteiger partial charge < -0.3 is 20.0 Å². The maximum atomic E-state index is 13.3. The van der Waals surface area contributed by atoms with Gasteiger partial charge in [-0.1, -0.05) is 0 Å². The second-order valence-corrected chi connectivity index (χ2v) is 7.62. The molecular weight excluding hydrogens is 302 g/mol. The predicted molar refractivity (Wildman–Crippen MR) is 94.1 cm³/mol. The average Bonchev–Trinajstić information content (AvgIpc) is 3.11. The third-order valence-electron chi connectivity index (χ3n) is 6.02. The molecule has 1 N–H and O–H groups in total. The third kappa shape index (κ3) is 2.48. The number of piperazine rings is 1. The van der Waals surface area contributed by atoms with Crippen molar-refractivity contribution in [3.8, 4) is 0 Å². The largest absolute Gasteiger partial charge is 0.368 e. The first-order chi connectivity index (χ1) is 11.6. The fourth-order valence-electron chi connectivity index (χ4n) is 4.76. The molecule has 1 aromatic rings. The minimum absolute atomic E-state index is 0.191. The van der Waals surface area contributed by atoms with Gasteiger partial charge >= 0.3 is 0 Å². The minimum Gasteiger partial charge on any atom is -0.368 e. The average molecular weight is 329 g/mol. The number of nitrogens with zero attached hydrogens (tertiary/aromatic N) is 4. The number of nitrogens with one attached hydrogen (secondary N) is 1. The number of pyridine rings is 1. The van der Waals surface area contributed by atoms with E-state index in [1.54, 1.807) is 0 Å². The van der Waals surface area contributed by atoms with Crippen LogP contribution in [-0.2, 0) is 4.79 Å². The number of carbonyl (C=O) groups is 1. The molecule has 0 aromatic carbocycles. The van der Waals surface area contributed by atoms with Gasteiger partial charge in [0.2, 0.25) is 5.91 Å². The lowest BCUT2D eigenvalue weighted by molar-refractivity contribution is -0.142. The van der Waals surface area contributed by atoms with Crippen LogP contribution in [0.3, 0.4) is 0 Å². The number of hydrogen-bond acceptors (Lipinski definition) is 5. The molecule has 4 heterocycles. The lowest BCUT2D eigenvalue weighted by Gasteiger charge is -2.40. The lowest BCUT2D eigenvalue weighted by atomic mass is 9.79. The molecule has 4 rings (SSSR count). The van der Waals surface area contributed by atoms with Crippen molar-refractivity contribution in [2.45, 2.75) is 6.92 Å². The molecular formula is C18H27N5O. The van der Waals surface area contributed by atoms with Gasteiger partial charge in [0, 0.05) is 76.4 Å². The van der Waals surface area contributed by atoms with E-state index < -0.39 is 0 Å². The molecule has 6 nitrogen and oxygen atoms in total. The summed E-state index contributed by atoms with van der Waals surface area (Å²) in [6.45, 7) is 9.29. The van der Waals surface area contributed by atoms with Crippen molar-refractivity contribution >= 4 is 11.6 Å². The highest BCUT2D eigenvalue weighted by atomic mass is 16.2. The molecule has 1 amide bonds. The Balaban J connectivity index is 1.44. The van der Waals surface area contributed by atoms with E-state index in [4.69, 9.17) is 0 Å². The Kier molecular flexibility index (Phi) is 3.96. The molecule has 6 heteroatoms. The van der Waals surface area contributed by atoms with Gasteiger partial charge in [-0.15, -0.1) is 0 Å². The molecule has 0 spiro atoms. The predicted octanol–water partition coefficient (Wildman–Crippen LogP) is 0.190. The third-order valence-corrected chi connectivity index (χ3v) is 6.02. The van der Waals surface area contributed by atoms with Crippen LogP contribution in [0.5, 0.6) is 0 Å². The van der Waals surface area contributed by atoms with Gasteiger partial charge in [-0.2, -0.15) is 0 Å². The first-order valence-corrected chi connectivity index (χ1v) is 8.94. The highest BCUT2D eigenvalue weighted by Gasteiger charge is 2.55. The van der Waals surface area contributed by atoms with Gasteiger partial charge in [0.1, 0.15) is 0 Å². The van der Waals surface area contributed by atoms with E-state index in [0.717, 1.165) is 52.4 Å². The normalized spacial score (nSPS) is 30.7. The van der Waals surface area contributed by atoms with Gasteiger partial charge in [-0.3, -0.25) is 9.78 Å². The fourth-order valence-corrected chi connectivity index (χ4v) is 4.76. The number of fused-ring (bicyclic) bond motifs is 1. The van der Waals surface area contributed by atoms with Gasteiger partial charge in [0.15, 0.2) is 0 Å². The van der Waals surface area contributed by atoms with Crippen LogP contribution in [0.25, 0.3) is 0 Å². The molecule has 3 aliphatic heterocycles. The second-order valence-electron chi connectivity index (χ2n) is 7.62. The van der Waals surface area contributed by atoms with Crippen molar-refractivity contribution in [3.63, 3.8) is 0 Å². The molecule has 0 saturated carbocycles. The molecule has 1 aromatic heterocycles. The molecule has 24 heavy (non-hydrogen) atoms. The van der Waals surface area contributed by atoms with E-state index in [1.807, 2.05) is 12.4 Å². The highest BCUT2D eigenvalue weighted by Crippen LogP contribution is 2.40. The van der Waals surface area contributed by atoms with Gasteiger partial charge in [-0.05, 0) is 25.6 Å². The Bertz CT molecular complexity index is 628. The number of hydrogen-bond donors (Lipinski definition) is 1. The maximum absolute atomic E-state index is 13.3. The zero-order chi connectivity index (χ0) is 16.7. The summed E-state index contributed by atoms with van der Waals surface area (Å²) in [6.07, 6.45) is 3.76. The van der Waals surface area contributed by atoms with Crippen LogP contribution < -0.4 is 10.2 Å². The monoisotopic (exact) mass is 329 g/mol. The Morgan fingerprint density at radius 3 is 2.88 bits per heavy atom. The number of anilines is 1. The van der Waals surface area contributed by atoms with E-state index in [-0.39, 0.29) is 5.41 Å². The number of aryl methyl sites for hydroxylation is 1. The zero-order valence-electron chi connectivity index (χ0n) is 14.7. The van der Waals surface area contributed by atoms with Crippen LogP contribution in [0.15, 0.2) is 18.5 Å². The Morgan fingerprint density at radius 1 is 1.33 bits per heavy atom. The molecule has 2 atom stereocenters. The summed E-state index contributed by atoms with van der Waals surface area (Å²) in [6, 6.07) is 2.08. The van der Waals surface area contributed by atoms with Crippen molar-refractivity contribution in [3.05, 3.63) is 24.0 Å². The van der Waals surface area contributed by atoms with E-state index >= 15 is 0 Å². The fraction of sp³-hybridized carbons (Fsp3) is 0.667. The molecule has 0 aliphatic carbocycles. The molecule has 130 valence electrons. The molecule has 0 radical (unpaired) electrons. The van der Waals surface area contributed by atoms with Crippen molar-refractivity contribution in [1.29, 1.82) is 0 Å². The van der Waals surface area contributed by atoms with Crippen LogP contribution in [-0.4, -0.2) is 80.1 Å². The summed E-state index contributed by atoms with van der Waals surface area (Å²) in [5, 5.41) is 3.46. The Morgan fingerprint density at radius 2 is 2.12 bits per heavy atom. The van der Waals surface area contributed by atoms with Gasteiger partial charge in [-0.25, -0.2) is 0 Å². The van der Waals surface area contributed by atoms with Gasteiger partial charge in [0.05, 0.1) is 5.41 Å². The van der Waals surface area contributed by atoms with Gasteiger partial charge in [0.25, 0.3) is 0 Å². The number of rotatable bonds is 2. The number of likely N-dealkylation sites (tertiary alicyclic amines) is 1. The Labute approximate surface area is 143 Å². The number of aromatic nitrogens is 1. The van der Waals surface area contributed by atoms with Crippen LogP contribution in [0.1, 0.15) is 5.56 Å². The van der Waals surface area contributed by atoms with Crippen LogP contribution in [0, 0.1) is 18.3 Å². The summed E-state index contributed by atoms with van der Waals surface area (Å²) in [5.74, 6) is 0.837. The molecule has 3 aliphatic rings. The summed E-state index contributed by atoms with van der Waals surface area (Å²) in [5.41, 5.74) is 2.26. The zero-order valence-corrected chi connectivity index (χ0v) is 14.7. The summed E-state index contributed by atoms with van der Waals surface area (Å²) in [7, 11) is 2.14. The maximum Gasteiger partial charge on any atom is 0.231 e. The molecule has 3 saturated heterocycles. The molecule has 0 unspecified atom stereocenters. The molecule has 0 bridgehead atoms. The smallest absolute Gasteiger partial charge is 0.231 e. The summed E-state index contributed by atoms with van der Waals surface area (Å²) < 4.78 is 0. The first kappa shape index (κ1) is 15.8. The summed E-state index contributed by atoms with van der Waals surface area (Å²) in [4.78, 5) is 24.3. The van der Waals surface area contributed by atoms with E-state index in [2.05, 4.69) is 45.0 Å². The number of amides is 1. The van der Waals surface area contributed by atoms with Crippen LogP contribution >= 0.6 is 0 Å². The van der Waals surface area contributed by atoms with Crippen molar-refractivity contribution in [2.75, 3.05) is 64.3 Å². The van der Waals surface area contributed by atoms with Crippen molar-refractivity contribution in [2.24, 2.45) is 11.3 Å². The SMILES string of the molecule is Cc1cnccc1N1CCN(C(=O)[C@@]23CNC[C@@H]2CN(C)C3)CC1. The lowest BCUT2D eigenvalue weighted by Crippen LogP contribution is -2.55. The number of carbonyl (C=O) groups excluding carboxylic acids is 1. The van der Waals surface area contributed by atoms with E-state index in [0.29, 0.717) is 11.8 Å². The standard InChI is InChI=1S/C18H27N5O/c1-14-9-19-4-3-16(14)22-5-7-23(8-6-22)17(24)18-12-20-10-15(18)11-21(2)13-18/h3-4,9,15,20H,5-8,10-13H2,1-2H3/t15-,18-/m1/s1. The minimum atomic E-state index is -0.191. The Hall–Kier alpha value is -1.66. The van der Waals surface area contributed by atoms with Crippen LogP contribution in [0.4, 0.5) is 5.69 Å². The quantitative estimate of drug-likeness (QED) is 0.839. The first-order valence-electron chi connectivity index (χ1n) is 8.94.